The van der Waals surface area contributed by atoms with Crippen molar-refractivity contribution < 1.29 is 25.9 Å². The van der Waals surface area contributed by atoms with Gasteiger partial charge in [-0.25, -0.2) is 4.68 Å². The van der Waals surface area contributed by atoms with Crippen LogP contribution in [0.5, 0.6) is 0 Å². The van der Waals surface area contributed by atoms with Crippen molar-refractivity contribution in [3.63, 3.8) is 0 Å². The van der Waals surface area contributed by atoms with E-state index in [1.807, 2.05) is 20.8 Å². The average Bonchev–Trinajstić information content (AvgIpc) is 2.87. The van der Waals surface area contributed by atoms with Gasteiger partial charge in [0.15, 0.2) is 0 Å². The first-order valence-corrected chi connectivity index (χ1v) is 10.1. The fourth-order valence-electron chi connectivity index (χ4n) is 2.16. The molecule has 0 aliphatic rings. The minimum atomic E-state index is -4.75. The molecule has 0 amide bonds. The monoisotopic (exact) mass is 438 g/mol. The van der Waals surface area contributed by atoms with Crippen molar-refractivity contribution >= 4 is 79.4 Å². The summed E-state index contributed by atoms with van der Waals surface area (Å²) in [6.45, 7) is 5.63. The van der Waals surface area contributed by atoms with Crippen LogP contribution in [0.2, 0.25) is 0 Å². The molecule has 0 spiro atoms. The van der Waals surface area contributed by atoms with Crippen LogP contribution in [-0.4, -0.2) is 94.8 Å². The maximum atomic E-state index is 12.3. The molecule has 9 nitrogen and oxygen atoms in total. The minimum absolute atomic E-state index is 0. The molecule has 0 unspecified atom stereocenters. The fourth-order valence-corrected chi connectivity index (χ4v) is 3.32. The molecule has 1 aromatic heterocycles. The first kappa shape index (κ1) is 27.0. The van der Waals surface area contributed by atoms with Crippen LogP contribution >= 0.6 is 0 Å². The quantitative estimate of drug-likeness (QED) is 0.441. The number of H-pyrrole nitrogens is 1. The number of hydrogen-bond donors (Lipinski definition) is 3. The van der Waals surface area contributed by atoms with Crippen molar-refractivity contribution in [1.29, 1.82) is 0 Å². The maximum absolute atomic E-state index is 12.3. The summed E-state index contributed by atoms with van der Waals surface area (Å²) >= 11 is 0. The van der Waals surface area contributed by atoms with E-state index in [4.69, 9.17) is 4.55 Å². The van der Waals surface area contributed by atoms with Crippen molar-refractivity contribution in [1.82, 2.24) is 9.78 Å². The van der Waals surface area contributed by atoms with Gasteiger partial charge in [0.2, 0.25) is 0 Å². The summed E-state index contributed by atoms with van der Waals surface area (Å²) in [5.41, 5.74) is -0.989. The van der Waals surface area contributed by atoms with Gasteiger partial charge in [-0.3, -0.25) is 19.0 Å². The number of aromatic nitrogens is 2. The third-order valence-corrected chi connectivity index (χ3v) is 5.83. The first-order chi connectivity index (χ1) is 11.3. The third-order valence-electron chi connectivity index (χ3n) is 4.08. The summed E-state index contributed by atoms with van der Waals surface area (Å²) in [5, 5.41) is 2.73. The van der Waals surface area contributed by atoms with Crippen molar-refractivity contribution in [2.75, 3.05) is 0 Å². The van der Waals surface area contributed by atoms with Crippen molar-refractivity contribution in [2.24, 2.45) is 0 Å². The first-order valence-electron chi connectivity index (χ1n) is 7.19. The Balaban J connectivity index is 0.00000338. The molecular weight excluding hydrogens is 418 g/mol. The van der Waals surface area contributed by atoms with E-state index in [-0.39, 0.29) is 59.1 Å². The molecular formula is C14H20N2Na2O7S2. The van der Waals surface area contributed by atoms with Crippen LogP contribution in [-0.2, 0) is 25.7 Å². The average molecular weight is 438 g/mol. The van der Waals surface area contributed by atoms with Crippen LogP contribution in [0.15, 0.2) is 38.9 Å². The van der Waals surface area contributed by atoms with E-state index >= 15 is 0 Å². The summed E-state index contributed by atoms with van der Waals surface area (Å²) in [5.74, 6) is 0. The van der Waals surface area contributed by atoms with Gasteiger partial charge in [0.25, 0.3) is 25.8 Å². The van der Waals surface area contributed by atoms with Crippen LogP contribution in [0, 0.1) is 0 Å². The second kappa shape index (κ2) is 9.24. The fraction of sp³-hybridized carbons (Fsp3) is 0.357. The molecule has 0 saturated heterocycles. The predicted molar refractivity (Wildman–Crippen MR) is 104 cm³/mol. The van der Waals surface area contributed by atoms with Gasteiger partial charge in [-0.05, 0) is 24.6 Å². The SMILES string of the molecule is CCC(C)(C)c1cc(=O)n(-c2cc(S(=O)(=O)O)ccc2S(=O)(=O)O)[nH]1.[NaH].[NaH]. The predicted octanol–water partition coefficient (Wildman–Crippen LogP) is 0.0496. The molecule has 0 aliphatic carbocycles. The second-order valence-electron chi connectivity index (χ2n) is 6.16. The Bertz CT molecular complexity index is 1090. The number of nitrogens with zero attached hydrogens (tertiary/aromatic N) is 1. The van der Waals surface area contributed by atoms with Gasteiger partial charge in [0.1, 0.15) is 4.90 Å². The molecule has 0 fully saturated rings. The zero-order chi connectivity index (χ0) is 19.2. The Kier molecular flexibility index (Phi) is 9.26. The Labute approximate surface area is 201 Å². The number of benzene rings is 1. The molecule has 0 atom stereocenters. The van der Waals surface area contributed by atoms with E-state index in [9.17, 15) is 26.2 Å². The molecule has 142 valence electrons. The van der Waals surface area contributed by atoms with E-state index < -0.39 is 46.7 Å². The Morgan fingerprint density at radius 1 is 1.04 bits per heavy atom. The van der Waals surface area contributed by atoms with Gasteiger partial charge < -0.3 is 0 Å². The van der Waals surface area contributed by atoms with E-state index in [1.165, 1.54) is 6.07 Å². The van der Waals surface area contributed by atoms with Crippen molar-refractivity contribution in [3.8, 4) is 5.69 Å². The molecule has 0 bridgehead atoms. The zero-order valence-electron chi connectivity index (χ0n) is 13.7. The van der Waals surface area contributed by atoms with Crippen LogP contribution in [0.4, 0.5) is 0 Å². The number of rotatable bonds is 5. The Morgan fingerprint density at radius 3 is 2.04 bits per heavy atom. The van der Waals surface area contributed by atoms with E-state index in [1.54, 1.807) is 0 Å². The molecule has 27 heavy (non-hydrogen) atoms. The molecule has 2 aromatic rings. The normalized spacial score (nSPS) is 12.2. The zero-order valence-corrected chi connectivity index (χ0v) is 15.3. The molecule has 1 aromatic carbocycles. The van der Waals surface area contributed by atoms with E-state index in [2.05, 4.69) is 5.10 Å². The van der Waals surface area contributed by atoms with Gasteiger partial charge >= 0.3 is 59.1 Å². The summed E-state index contributed by atoms with van der Waals surface area (Å²) in [4.78, 5) is 11.0. The Morgan fingerprint density at radius 2 is 1.59 bits per heavy atom. The van der Waals surface area contributed by atoms with Gasteiger partial charge in [0, 0.05) is 17.2 Å². The molecule has 0 radical (unpaired) electrons. The van der Waals surface area contributed by atoms with Crippen LogP contribution < -0.4 is 5.56 Å². The van der Waals surface area contributed by atoms with Gasteiger partial charge in [-0.2, -0.15) is 16.8 Å². The second-order valence-corrected chi connectivity index (χ2v) is 8.97. The molecule has 2 rings (SSSR count). The van der Waals surface area contributed by atoms with Gasteiger partial charge in [0.05, 0.1) is 10.6 Å². The number of hydrogen-bond acceptors (Lipinski definition) is 5. The molecule has 1 heterocycles. The van der Waals surface area contributed by atoms with Crippen LogP contribution in [0.1, 0.15) is 32.9 Å². The van der Waals surface area contributed by atoms with E-state index in [0.29, 0.717) is 12.1 Å². The third kappa shape index (κ3) is 6.01. The molecule has 0 saturated carbocycles. The Hall–Kier alpha value is 0.0500. The summed E-state index contributed by atoms with van der Waals surface area (Å²) in [6, 6.07) is 3.66. The summed E-state index contributed by atoms with van der Waals surface area (Å²) in [7, 11) is -9.39. The standard InChI is InChI=1S/C14H18N2O7S2.2Na.2H/c1-4-14(2,3)12-8-13(17)16(15-12)10-7-9(24(18,19)20)5-6-11(10)25(21,22)23;;;;/h5-8,15H,4H2,1-3H3,(H,18,19,20)(H,21,22,23);;;;. The van der Waals surface area contributed by atoms with Gasteiger partial charge in [-0.15, -0.1) is 0 Å². The van der Waals surface area contributed by atoms with E-state index in [0.717, 1.165) is 22.9 Å². The molecule has 13 heteroatoms. The summed E-state index contributed by atoms with van der Waals surface area (Å²) in [6.07, 6.45) is 0.670. The summed E-state index contributed by atoms with van der Waals surface area (Å²) < 4.78 is 65.1. The number of nitrogens with one attached hydrogen (secondary N) is 1. The number of aromatic amines is 1. The van der Waals surface area contributed by atoms with Gasteiger partial charge in [-0.1, -0.05) is 20.8 Å². The van der Waals surface area contributed by atoms with Crippen LogP contribution in [0.3, 0.4) is 0 Å². The van der Waals surface area contributed by atoms with Crippen LogP contribution in [0.25, 0.3) is 5.69 Å². The molecule has 3 N–H and O–H groups in total. The topological polar surface area (TPSA) is 147 Å². The van der Waals surface area contributed by atoms with Crippen molar-refractivity contribution in [3.05, 3.63) is 40.3 Å². The van der Waals surface area contributed by atoms with Crippen molar-refractivity contribution in [2.45, 2.75) is 42.4 Å². The molecule has 0 aliphatic heterocycles.